The lowest BCUT2D eigenvalue weighted by Crippen LogP contribution is -2.33. The Kier molecular flexibility index (Phi) is 0.944. The monoisotopic (exact) mass is 141 g/mol. The van der Waals surface area contributed by atoms with Crippen LogP contribution in [0.1, 0.15) is 19.3 Å². The highest BCUT2D eigenvalue weighted by Crippen LogP contribution is 2.71. The average molecular weight is 141 g/mol. The van der Waals surface area contributed by atoms with E-state index >= 15 is 0 Å². The van der Waals surface area contributed by atoms with Gasteiger partial charge < -0.3 is 10.8 Å². The van der Waals surface area contributed by atoms with Gasteiger partial charge in [0.05, 0.1) is 0 Å². The number of aliphatic carboxylic acids is 1. The average Bonchev–Trinajstić information content (AvgIpc) is 2.73. The van der Waals surface area contributed by atoms with Crippen LogP contribution in [0.2, 0.25) is 0 Å². The Morgan fingerprint density at radius 2 is 2.30 bits per heavy atom. The summed E-state index contributed by atoms with van der Waals surface area (Å²) in [6.45, 7) is 0. The Morgan fingerprint density at radius 1 is 1.70 bits per heavy atom. The van der Waals surface area contributed by atoms with E-state index in [-0.39, 0.29) is 0 Å². The summed E-state index contributed by atoms with van der Waals surface area (Å²) in [5.41, 5.74) is 5.85. The van der Waals surface area contributed by atoms with Gasteiger partial charge in [0.2, 0.25) is 0 Å². The van der Waals surface area contributed by atoms with Crippen LogP contribution in [0.4, 0.5) is 0 Å². The third-order valence-corrected chi connectivity index (χ3v) is 2.86. The third-order valence-electron chi connectivity index (χ3n) is 2.86. The van der Waals surface area contributed by atoms with E-state index in [4.69, 9.17) is 10.8 Å². The van der Waals surface area contributed by atoms with Crippen molar-refractivity contribution in [2.45, 2.75) is 25.3 Å². The van der Waals surface area contributed by atoms with Crippen LogP contribution in [0.25, 0.3) is 0 Å². The SMILES string of the molecule is NC(C(=O)O)C1CC12CC2. The topological polar surface area (TPSA) is 63.3 Å². The molecule has 2 fully saturated rings. The van der Waals surface area contributed by atoms with Crippen molar-refractivity contribution in [1.29, 1.82) is 0 Å². The number of carbonyl (C=O) groups is 1. The number of hydrogen-bond acceptors (Lipinski definition) is 2. The van der Waals surface area contributed by atoms with Crippen LogP contribution in [-0.4, -0.2) is 17.1 Å². The van der Waals surface area contributed by atoms with Gasteiger partial charge in [-0.3, -0.25) is 4.79 Å². The smallest absolute Gasteiger partial charge is 0.320 e. The molecular weight excluding hydrogens is 130 g/mol. The van der Waals surface area contributed by atoms with E-state index in [2.05, 4.69) is 0 Å². The van der Waals surface area contributed by atoms with Crippen LogP contribution in [0, 0.1) is 11.3 Å². The summed E-state index contributed by atoms with van der Waals surface area (Å²) in [4.78, 5) is 10.4. The highest BCUT2D eigenvalue weighted by Gasteiger charge is 2.65. The summed E-state index contributed by atoms with van der Waals surface area (Å²) >= 11 is 0. The first-order chi connectivity index (χ1) is 4.66. The highest BCUT2D eigenvalue weighted by molar-refractivity contribution is 5.74. The van der Waals surface area contributed by atoms with Crippen molar-refractivity contribution in [2.24, 2.45) is 17.1 Å². The molecule has 3 N–H and O–H groups in total. The van der Waals surface area contributed by atoms with Gasteiger partial charge in [-0.15, -0.1) is 0 Å². The molecule has 0 aromatic carbocycles. The Balaban J connectivity index is 1.96. The first-order valence-corrected chi connectivity index (χ1v) is 3.64. The van der Waals surface area contributed by atoms with Gasteiger partial charge >= 0.3 is 5.97 Å². The fourth-order valence-electron chi connectivity index (χ4n) is 1.79. The standard InChI is InChI=1S/C7H11NO2/c8-5(6(9)10)4-3-7(4)1-2-7/h4-5H,1-3,8H2,(H,9,10). The van der Waals surface area contributed by atoms with Crippen molar-refractivity contribution in [1.82, 2.24) is 0 Å². The second-order valence-electron chi connectivity index (χ2n) is 3.54. The molecule has 1 spiro atoms. The van der Waals surface area contributed by atoms with Crippen molar-refractivity contribution in [3.63, 3.8) is 0 Å². The molecule has 0 bridgehead atoms. The molecule has 2 aliphatic rings. The molecule has 0 radical (unpaired) electrons. The molecule has 2 rings (SSSR count). The van der Waals surface area contributed by atoms with Gasteiger partial charge in [0.15, 0.2) is 0 Å². The normalized spacial score (nSPS) is 35.5. The van der Waals surface area contributed by atoms with Crippen LogP contribution >= 0.6 is 0 Å². The summed E-state index contributed by atoms with van der Waals surface area (Å²) in [5.74, 6) is -0.543. The maximum Gasteiger partial charge on any atom is 0.320 e. The Bertz CT molecular complexity index is 186. The fraction of sp³-hybridized carbons (Fsp3) is 0.857. The third kappa shape index (κ3) is 0.669. The highest BCUT2D eigenvalue weighted by atomic mass is 16.4. The van der Waals surface area contributed by atoms with Crippen molar-refractivity contribution < 1.29 is 9.90 Å². The number of carboxylic acids is 1. The number of hydrogen-bond donors (Lipinski definition) is 2. The Labute approximate surface area is 59.2 Å². The molecule has 0 aromatic rings. The molecule has 2 aliphatic carbocycles. The summed E-state index contributed by atoms with van der Waals surface area (Å²) in [6, 6.07) is -0.595. The van der Waals surface area contributed by atoms with Crippen molar-refractivity contribution in [2.75, 3.05) is 0 Å². The molecule has 10 heavy (non-hydrogen) atoms. The van der Waals surface area contributed by atoms with E-state index in [1.54, 1.807) is 0 Å². The second kappa shape index (κ2) is 1.53. The summed E-state index contributed by atoms with van der Waals surface area (Å²) < 4.78 is 0. The van der Waals surface area contributed by atoms with E-state index in [0.29, 0.717) is 11.3 Å². The maximum atomic E-state index is 10.4. The van der Waals surface area contributed by atoms with Gasteiger partial charge in [-0.25, -0.2) is 0 Å². The molecule has 0 aliphatic heterocycles. The van der Waals surface area contributed by atoms with Crippen molar-refractivity contribution in [3.05, 3.63) is 0 Å². The second-order valence-corrected chi connectivity index (χ2v) is 3.54. The first-order valence-electron chi connectivity index (χ1n) is 3.64. The molecule has 0 saturated heterocycles. The number of rotatable bonds is 2. The zero-order valence-electron chi connectivity index (χ0n) is 5.71. The quantitative estimate of drug-likeness (QED) is 0.577. The zero-order valence-corrected chi connectivity index (χ0v) is 5.71. The number of nitrogens with two attached hydrogens (primary N) is 1. The molecule has 2 saturated carbocycles. The molecule has 2 unspecified atom stereocenters. The minimum Gasteiger partial charge on any atom is -0.480 e. The lowest BCUT2D eigenvalue weighted by Gasteiger charge is -2.02. The van der Waals surface area contributed by atoms with Crippen molar-refractivity contribution >= 4 is 5.97 Å². The summed E-state index contributed by atoms with van der Waals surface area (Å²) in [5, 5.41) is 8.53. The van der Waals surface area contributed by atoms with E-state index in [0.717, 1.165) is 6.42 Å². The largest absolute Gasteiger partial charge is 0.480 e. The molecule has 56 valence electrons. The van der Waals surface area contributed by atoms with Gasteiger partial charge in [0.1, 0.15) is 6.04 Å². The predicted molar refractivity (Wildman–Crippen MR) is 35.4 cm³/mol. The molecule has 0 heterocycles. The molecular formula is C7H11NO2. The van der Waals surface area contributed by atoms with E-state index < -0.39 is 12.0 Å². The zero-order chi connectivity index (χ0) is 7.35. The molecule has 2 atom stereocenters. The lowest BCUT2D eigenvalue weighted by molar-refractivity contribution is -0.139. The van der Waals surface area contributed by atoms with Crippen LogP contribution < -0.4 is 5.73 Å². The fourth-order valence-corrected chi connectivity index (χ4v) is 1.79. The number of carboxylic acid groups (broad SMARTS) is 1. The van der Waals surface area contributed by atoms with Gasteiger partial charge in [0, 0.05) is 0 Å². The maximum absolute atomic E-state index is 10.4. The Morgan fingerprint density at radius 3 is 2.60 bits per heavy atom. The van der Waals surface area contributed by atoms with Gasteiger partial charge in [-0.2, -0.15) is 0 Å². The van der Waals surface area contributed by atoms with E-state index in [1.807, 2.05) is 0 Å². The van der Waals surface area contributed by atoms with Gasteiger partial charge in [-0.1, -0.05) is 0 Å². The van der Waals surface area contributed by atoms with Crippen LogP contribution in [0.15, 0.2) is 0 Å². The van der Waals surface area contributed by atoms with E-state index in [9.17, 15) is 4.79 Å². The van der Waals surface area contributed by atoms with Crippen LogP contribution in [0.3, 0.4) is 0 Å². The van der Waals surface area contributed by atoms with Gasteiger partial charge in [-0.05, 0) is 30.6 Å². The first kappa shape index (κ1) is 6.16. The minimum atomic E-state index is -0.839. The Hall–Kier alpha value is -0.570. The molecule has 0 aromatic heterocycles. The van der Waals surface area contributed by atoms with Gasteiger partial charge in [0.25, 0.3) is 0 Å². The predicted octanol–water partition coefficient (Wildman–Crippen LogP) is 0.198. The summed E-state index contributed by atoms with van der Waals surface area (Å²) in [7, 11) is 0. The summed E-state index contributed by atoms with van der Waals surface area (Å²) in [6.07, 6.45) is 3.47. The van der Waals surface area contributed by atoms with Crippen LogP contribution in [0.5, 0.6) is 0 Å². The molecule has 3 nitrogen and oxygen atoms in total. The minimum absolute atomic E-state index is 0.296. The molecule has 3 heteroatoms. The lowest BCUT2D eigenvalue weighted by atomic mass is 10.1. The van der Waals surface area contributed by atoms with Crippen LogP contribution in [-0.2, 0) is 4.79 Å². The van der Waals surface area contributed by atoms with Crippen molar-refractivity contribution in [3.8, 4) is 0 Å². The van der Waals surface area contributed by atoms with E-state index in [1.165, 1.54) is 12.8 Å². The molecule has 0 amide bonds.